The maximum atomic E-state index is 12.0. The Kier molecular flexibility index (Phi) is 7.05. The zero-order valence-corrected chi connectivity index (χ0v) is 12.4. The summed E-state index contributed by atoms with van der Waals surface area (Å²) in [7, 11) is 0. The molecule has 0 aromatic heterocycles. The normalized spacial score (nSPS) is 15.3. The Labute approximate surface area is 120 Å². The number of carbonyl (C=O) groups excluding carboxylic acids is 1. The zero-order valence-electron chi connectivity index (χ0n) is 11.6. The van der Waals surface area contributed by atoms with Crippen molar-refractivity contribution in [2.24, 2.45) is 11.7 Å². The highest BCUT2D eigenvalue weighted by Gasteiger charge is 2.31. The van der Waals surface area contributed by atoms with Gasteiger partial charge in [0.15, 0.2) is 6.10 Å². The maximum absolute atomic E-state index is 12.0. The topological polar surface area (TPSA) is 75.3 Å². The second kappa shape index (κ2) is 7.48. The minimum atomic E-state index is -1.16. The third kappa shape index (κ3) is 4.49. The van der Waals surface area contributed by atoms with E-state index >= 15 is 0 Å². The van der Waals surface area contributed by atoms with Crippen molar-refractivity contribution in [3.8, 4) is 0 Å². The molecule has 0 aliphatic heterocycles. The van der Waals surface area contributed by atoms with Crippen LogP contribution in [0, 0.1) is 5.92 Å². The average Bonchev–Trinajstić information content (AvgIpc) is 2.38. The monoisotopic (exact) mass is 286 g/mol. The Morgan fingerprint density at radius 1 is 1.37 bits per heavy atom. The van der Waals surface area contributed by atoms with Crippen LogP contribution >= 0.6 is 12.4 Å². The van der Waals surface area contributed by atoms with E-state index in [1.165, 1.54) is 0 Å². The van der Waals surface area contributed by atoms with Crippen molar-refractivity contribution in [3.63, 3.8) is 0 Å². The molecule has 0 fully saturated rings. The zero-order chi connectivity index (χ0) is 13.8. The highest BCUT2D eigenvalue weighted by molar-refractivity contribution is 5.85. The first-order valence-corrected chi connectivity index (χ1v) is 6.16. The molecular formula is C14H23ClN2O2. The summed E-state index contributed by atoms with van der Waals surface area (Å²) in [5, 5.41) is 12.8. The predicted octanol–water partition coefficient (Wildman–Crippen LogP) is 1.63. The molecule has 4 nitrogen and oxygen atoms in total. The van der Waals surface area contributed by atoms with E-state index < -0.39 is 17.6 Å². The van der Waals surface area contributed by atoms with Crippen LogP contribution in [0.5, 0.6) is 0 Å². The Morgan fingerprint density at radius 2 is 1.89 bits per heavy atom. The van der Waals surface area contributed by atoms with Crippen molar-refractivity contribution in [2.75, 3.05) is 6.54 Å². The number of hydrogen-bond donors (Lipinski definition) is 3. The van der Waals surface area contributed by atoms with E-state index in [1.807, 2.05) is 26.8 Å². The number of carbonyl (C=O) groups is 1. The van der Waals surface area contributed by atoms with Gasteiger partial charge < -0.3 is 16.2 Å². The van der Waals surface area contributed by atoms with Gasteiger partial charge in [0.25, 0.3) is 5.91 Å². The number of hydrogen-bond acceptors (Lipinski definition) is 3. The lowest BCUT2D eigenvalue weighted by Crippen LogP contribution is -2.56. The smallest absolute Gasteiger partial charge is 0.253 e. The van der Waals surface area contributed by atoms with Crippen LogP contribution < -0.4 is 11.1 Å². The molecule has 0 aliphatic rings. The summed E-state index contributed by atoms with van der Waals surface area (Å²) in [6.07, 6.45) is -1.16. The number of aliphatic hydroxyl groups excluding tert-OH is 1. The van der Waals surface area contributed by atoms with Crippen LogP contribution in [-0.4, -0.2) is 23.1 Å². The van der Waals surface area contributed by atoms with Gasteiger partial charge in [-0.25, -0.2) is 0 Å². The number of benzene rings is 1. The summed E-state index contributed by atoms with van der Waals surface area (Å²) in [4.78, 5) is 12.0. The number of rotatable bonds is 5. The molecule has 0 heterocycles. The quantitative estimate of drug-likeness (QED) is 0.770. The summed E-state index contributed by atoms with van der Waals surface area (Å²) in [6, 6.07) is 8.86. The first kappa shape index (κ1) is 17.9. The molecule has 5 heteroatoms. The average molecular weight is 287 g/mol. The van der Waals surface area contributed by atoms with Crippen LogP contribution in [0.4, 0.5) is 0 Å². The molecule has 0 spiro atoms. The molecule has 1 aromatic rings. The van der Waals surface area contributed by atoms with E-state index in [0.717, 1.165) is 0 Å². The Bertz CT molecular complexity index is 398. The Morgan fingerprint density at radius 3 is 2.32 bits per heavy atom. The van der Waals surface area contributed by atoms with Crippen molar-refractivity contribution in [1.29, 1.82) is 0 Å². The van der Waals surface area contributed by atoms with E-state index in [1.54, 1.807) is 24.3 Å². The molecule has 2 atom stereocenters. The SMILES string of the molecule is CC(C)C(C)(CN)NC(=O)C(O)c1ccccc1.Cl. The number of halogens is 1. The second-order valence-corrected chi connectivity index (χ2v) is 5.08. The summed E-state index contributed by atoms with van der Waals surface area (Å²) in [5.74, 6) is -0.225. The summed E-state index contributed by atoms with van der Waals surface area (Å²) >= 11 is 0. The number of aliphatic hydroxyl groups is 1. The molecule has 0 aliphatic carbocycles. The fraction of sp³-hybridized carbons (Fsp3) is 0.500. The largest absolute Gasteiger partial charge is 0.378 e. The van der Waals surface area contributed by atoms with Gasteiger partial charge in [0.1, 0.15) is 0 Å². The maximum Gasteiger partial charge on any atom is 0.253 e. The van der Waals surface area contributed by atoms with Crippen LogP contribution in [0.25, 0.3) is 0 Å². The highest BCUT2D eigenvalue weighted by Crippen LogP contribution is 2.18. The molecule has 1 aromatic carbocycles. The van der Waals surface area contributed by atoms with E-state index in [-0.39, 0.29) is 18.3 Å². The molecule has 4 N–H and O–H groups in total. The van der Waals surface area contributed by atoms with E-state index in [0.29, 0.717) is 12.1 Å². The van der Waals surface area contributed by atoms with Crippen LogP contribution in [0.2, 0.25) is 0 Å². The molecule has 2 unspecified atom stereocenters. The molecular weight excluding hydrogens is 264 g/mol. The van der Waals surface area contributed by atoms with Gasteiger partial charge in [-0.3, -0.25) is 4.79 Å². The van der Waals surface area contributed by atoms with Gasteiger partial charge in [0.2, 0.25) is 0 Å². The molecule has 0 radical (unpaired) electrons. The van der Waals surface area contributed by atoms with Gasteiger partial charge in [-0.15, -0.1) is 12.4 Å². The fourth-order valence-electron chi connectivity index (χ4n) is 1.57. The van der Waals surface area contributed by atoms with Gasteiger partial charge in [0, 0.05) is 6.54 Å². The lowest BCUT2D eigenvalue weighted by Gasteiger charge is -2.34. The second-order valence-electron chi connectivity index (χ2n) is 5.08. The van der Waals surface area contributed by atoms with Crippen molar-refractivity contribution >= 4 is 18.3 Å². The van der Waals surface area contributed by atoms with Gasteiger partial charge in [0.05, 0.1) is 5.54 Å². The van der Waals surface area contributed by atoms with Crippen molar-refractivity contribution in [3.05, 3.63) is 35.9 Å². The van der Waals surface area contributed by atoms with Crippen molar-refractivity contribution < 1.29 is 9.90 Å². The molecule has 108 valence electrons. The minimum Gasteiger partial charge on any atom is -0.378 e. The summed E-state index contributed by atoms with van der Waals surface area (Å²) in [5.41, 5.74) is 5.77. The van der Waals surface area contributed by atoms with Crippen molar-refractivity contribution in [2.45, 2.75) is 32.4 Å². The van der Waals surface area contributed by atoms with Crippen LogP contribution in [0.1, 0.15) is 32.4 Å². The summed E-state index contributed by atoms with van der Waals surface area (Å²) in [6.45, 7) is 6.19. The third-order valence-corrected chi connectivity index (χ3v) is 3.47. The minimum absolute atomic E-state index is 0. The van der Waals surface area contributed by atoms with Crippen LogP contribution in [-0.2, 0) is 4.79 Å². The van der Waals surface area contributed by atoms with Gasteiger partial charge >= 0.3 is 0 Å². The lowest BCUT2D eigenvalue weighted by atomic mass is 9.88. The first-order chi connectivity index (χ1) is 8.40. The van der Waals surface area contributed by atoms with E-state index in [9.17, 15) is 9.90 Å². The molecule has 1 rings (SSSR count). The predicted molar refractivity (Wildman–Crippen MR) is 79.1 cm³/mol. The lowest BCUT2D eigenvalue weighted by molar-refractivity contribution is -0.132. The van der Waals surface area contributed by atoms with Gasteiger partial charge in [-0.2, -0.15) is 0 Å². The molecule has 0 saturated carbocycles. The number of nitrogens with two attached hydrogens (primary N) is 1. The van der Waals surface area contributed by atoms with E-state index in [2.05, 4.69) is 5.32 Å². The van der Waals surface area contributed by atoms with Crippen LogP contribution in [0.3, 0.4) is 0 Å². The Hall–Kier alpha value is -1.10. The third-order valence-electron chi connectivity index (χ3n) is 3.47. The van der Waals surface area contributed by atoms with Gasteiger partial charge in [-0.1, -0.05) is 44.2 Å². The standard InChI is InChI=1S/C14H22N2O2.ClH/c1-10(2)14(3,9-15)16-13(18)12(17)11-7-5-4-6-8-11;/h4-8,10,12,17H,9,15H2,1-3H3,(H,16,18);1H. The highest BCUT2D eigenvalue weighted by atomic mass is 35.5. The fourth-order valence-corrected chi connectivity index (χ4v) is 1.57. The van der Waals surface area contributed by atoms with Crippen molar-refractivity contribution in [1.82, 2.24) is 5.32 Å². The molecule has 1 amide bonds. The number of nitrogens with one attached hydrogen (secondary N) is 1. The van der Waals surface area contributed by atoms with Gasteiger partial charge in [-0.05, 0) is 18.4 Å². The molecule has 0 saturated heterocycles. The first-order valence-electron chi connectivity index (χ1n) is 6.16. The Balaban J connectivity index is 0.00000324. The van der Waals surface area contributed by atoms with E-state index in [4.69, 9.17) is 5.73 Å². The van der Waals surface area contributed by atoms with Crippen LogP contribution in [0.15, 0.2) is 30.3 Å². The number of amides is 1. The molecule has 0 bridgehead atoms. The molecule has 19 heavy (non-hydrogen) atoms. The summed E-state index contributed by atoms with van der Waals surface area (Å²) < 4.78 is 0.